The first-order chi connectivity index (χ1) is 9.72. The number of methoxy groups -OCH3 is 1. The quantitative estimate of drug-likeness (QED) is 0.775. The zero-order valence-electron chi connectivity index (χ0n) is 11.5. The number of ether oxygens (including phenoxy) is 3. The van der Waals surface area contributed by atoms with Gasteiger partial charge in [-0.05, 0) is 18.9 Å². The van der Waals surface area contributed by atoms with E-state index in [4.69, 9.17) is 14.2 Å². The van der Waals surface area contributed by atoms with Crippen LogP contribution in [-0.2, 0) is 9.47 Å². The predicted octanol–water partition coefficient (Wildman–Crippen LogP) is 1.25. The van der Waals surface area contributed by atoms with E-state index in [2.05, 4.69) is 10.2 Å². The van der Waals surface area contributed by atoms with Crippen LogP contribution in [0.4, 0.5) is 0 Å². The van der Waals surface area contributed by atoms with Crippen molar-refractivity contribution in [3.05, 3.63) is 17.8 Å². The first-order valence-corrected chi connectivity index (χ1v) is 6.86. The molecule has 0 aromatic carbocycles. The highest BCUT2D eigenvalue weighted by Gasteiger charge is 2.43. The maximum atomic E-state index is 12.5. The molecule has 0 N–H and O–H groups in total. The number of hydrogen-bond donors (Lipinski definition) is 0. The largest absolute Gasteiger partial charge is 0.480 e. The predicted molar refractivity (Wildman–Crippen MR) is 69.8 cm³/mol. The Hall–Kier alpha value is -1.53. The molecule has 0 saturated carbocycles. The molecule has 3 heterocycles. The first kappa shape index (κ1) is 13.5. The molecule has 6 heteroatoms. The zero-order chi connectivity index (χ0) is 14.0. The van der Waals surface area contributed by atoms with Crippen molar-refractivity contribution in [3.63, 3.8) is 0 Å². The van der Waals surface area contributed by atoms with Gasteiger partial charge >= 0.3 is 0 Å². The van der Waals surface area contributed by atoms with E-state index in [0.717, 1.165) is 12.8 Å². The smallest absolute Gasteiger partial charge is 0.233 e. The van der Waals surface area contributed by atoms with Gasteiger partial charge in [-0.2, -0.15) is 0 Å². The molecule has 2 atom stereocenters. The van der Waals surface area contributed by atoms with Gasteiger partial charge in [0.15, 0.2) is 5.78 Å². The molecule has 20 heavy (non-hydrogen) atoms. The van der Waals surface area contributed by atoms with Crippen molar-refractivity contribution in [2.75, 3.05) is 26.9 Å². The maximum Gasteiger partial charge on any atom is 0.233 e. The van der Waals surface area contributed by atoms with Crippen LogP contribution in [0, 0.1) is 5.92 Å². The number of rotatable bonds is 3. The average molecular weight is 278 g/mol. The van der Waals surface area contributed by atoms with Gasteiger partial charge in [-0.25, -0.2) is 0 Å². The minimum absolute atomic E-state index is 0.0368. The van der Waals surface area contributed by atoms with E-state index in [0.29, 0.717) is 37.8 Å². The second-order valence-corrected chi connectivity index (χ2v) is 5.35. The molecule has 3 rings (SSSR count). The van der Waals surface area contributed by atoms with Gasteiger partial charge in [-0.3, -0.25) is 4.79 Å². The van der Waals surface area contributed by atoms with Crippen LogP contribution in [0.5, 0.6) is 5.88 Å². The van der Waals surface area contributed by atoms with E-state index < -0.39 is 0 Å². The number of nitrogens with zero attached hydrogens (tertiary/aromatic N) is 2. The fraction of sp³-hybridized carbons (Fsp3) is 0.643. The molecule has 1 aromatic heterocycles. The van der Waals surface area contributed by atoms with Crippen molar-refractivity contribution in [1.82, 2.24) is 10.2 Å². The van der Waals surface area contributed by atoms with Crippen LogP contribution >= 0.6 is 0 Å². The van der Waals surface area contributed by atoms with E-state index in [1.165, 1.54) is 7.11 Å². The van der Waals surface area contributed by atoms with E-state index in [1.54, 1.807) is 12.1 Å². The number of hydrogen-bond acceptors (Lipinski definition) is 6. The fourth-order valence-corrected chi connectivity index (χ4v) is 2.88. The van der Waals surface area contributed by atoms with Gasteiger partial charge in [-0.1, -0.05) is 0 Å². The molecule has 1 aromatic rings. The van der Waals surface area contributed by atoms with Gasteiger partial charge in [0.25, 0.3) is 0 Å². The second kappa shape index (κ2) is 5.46. The summed E-state index contributed by atoms with van der Waals surface area (Å²) in [6.45, 7) is 1.90. The average Bonchev–Trinajstić information content (AvgIpc) is 2.94. The summed E-state index contributed by atoms with van der Waals surface area (Å²) in [4.78, 5) is 12.5. The Kier molecular flexibility index (Phi) is 3.67. The Bertz CT molecular complexity index is 482. The lowest BCUT2D eigenvalue weighted by molar-refractivity contribution is -0.0921. The summed E-state index contributed by atoms with van der Waals surface area (Å²) in [6, 6.07) is 3.33. The van der Waals surface area contributed by atoms with Gasteiger partial charge in [-0.15, -0.1) is 10.2 Å². The molecule has 2 unspecified atom stereocenters. The second-order valence-electron chi connectivity index (χ2n) is 5.35. The highest BCUT2D eigenvalue weighted by Crippen LogP contribution is 2.36. The standard InChI is InChI=1S/C14H18N2O4/c1-18-12-3-2-11(15-16-12)13(17)10-4-6-20-14(8-10)5-7-19-9-14/h2-3,10H,4-9H2,1H3. The van der Waals surface area contributed by atoms with Crippen molar-refractivity contribution >= 4 is 5.78 Å². The fourth-order valence-electron chi connectivity index (χ4n) is 2.88. The highest BCUT2D eigenvalue weighted by molar-refractivity contribution is 5.96. The molecule has 1 spiro atoms. The van der Waals surface area contributed by atoms with Crippen LogP contribution in [0.1, 0.15) is 29.8 Å². The van der Waals surface area contributed by atoms with Gasteiger partial charge in [0.1, 0.15) is 5.69 Å². The lowest BCUT2D eigenvalue weighted by Crippen LogP contribution is -2.42. The molecule has 2 fully saturated rings. The third kappa shape index (κ3) is 2.53. The number of carbonyl (C=O) groups excluding carboxylic acids is 1. The minimum Gasteiger partial charge on any atom is -0.480 e. The number of ketones is 1. The van der Waals surface area contributed by atoms with Crippen molar-refractivity contribution in [1.29, 1.82) is 0 Å². The summed E-state index contributed by atoms with van der Waals surface area (Å²) in [5.74, 6) is 0.386. The normalized spacial score (nSPS) is 29.6. The van der Waals surface area contributed by atoms with Gasteiger partial charge in [0.2, 0.25) is 5.88 Å². The molecule has 108 valence electrons. The van der Waals surface area contributed by atoms with Gasteiger partial charge in [0.05, 0.1) is 19.3 Å². The molecule has 2 saturated heterocycles. The van der Waals surface area contributed by atoms with Crippen LogP contribution in [0.3, 0.4) is 0 Å². The van der Waals surface area contributed by atoms with Crippen molar-refractivity contribution in [2.24, 2.45) is 5.92 Å². The Labute approximate surface area is 117 Å². The SMILES string of the molecule is COc1ccc(C(=O)C2CCOC3(CCOC3)C2)nn1. The zero-order valence-corrected chi connectivity index (χ0v) is 11.5. The maximum absolute atomic E-state index is 12.5. The molecule has 0 aliphatic carbocycles. The Morgan fingerprint density at radius 3 is 2.95 bits per heavy atom. The molecular weight excluding hydrogens is 260 g/mol. The topological polar surface area (TPSA) is 70.5 Å². The number of aromatic nitrogens is 2. The summed E-state index contributed by atoms with van der Waals surface area (Å²) in [7, 11) is 1.52. The van der Waals surface area contributed by atoms with Crippen molar-refractivity contribution in [3.8, 4) is 5.88 Å². The number of carbonyl (C=O) groups is 1. The molecule has 0 radical (unpaired) electrons. The Morgan fingerprint density at radius 2 is 2.30 bits per heavy atom. The third-order valence-electron chi connectivity index (χ3n) is 4.03. The lowest BCUT2D eigenvalue weighted by atomic mass is 9.82. The van der Waals surface area contributed by atoms with Gasteiger partial charge in [0, 0.05) is 31.6 Å². The summed E-state index contributed by atoms with van der Waals surface area (Å²) < 4.78 is 16.2. The summed E-state index contributed by atoms with van der Waals surface area (Å²) in [5, 5.41) is 7.80. The monoisotopic (exact) mass is 278 g/mol. The highest BCUT2D eigenvalue weighted by atomic mass is 16.6. The van der Waals surface area contributed by atoms with Crippen molar-refractivity contribution in [2.45, 2.75) is 24.9 Å². The Balaban J connectivity index is 1.72. The molecule has 6 nitrogen and oxygen atoms in total. The van der Waals surface area contributed by atoms with E-state index >= 15 is 0 Å². The van der Waals surface area contributed by atoms with E-state index in [-0.39, 0.29) is 17.3 Å². The molecule has 0 amide bonds. The molecule has 2 aliphatic heterocycles. The minimum atomic E-state index is -0.265. The lowest BCUT2D eigenvalue weighted by Gasteiger charge is -2.36. The van der Waals surface area contributed by atoms with E-state index in [9.17, 15) is 4.79 Å². The van der Waals surface area contributed by atoms with Crippen LogP contribution in [0.15, 0.2) is 12.1 Å². The summed E-state index contributed by atoms with van der Waals surface area (Å²) in [5.41, 5.74) is 0.130. The van der Waals surface area contributed by atoms with E-state index in [1.807, 2.05) is 0 Å². The van der Waals surface area contributed by atoms with Crippen LogP contribution in [0.2, 0.25) is 0 Å². The molecule has 0 bridgehead atoms. The van der Waals surface area contributed by atoms with Crippen LogP contribution in [0.25, 0.3) is 0 Å². The van der Waals surface area contributed by atoms with Gasteiger partial charge < -0.3 is 14.2 Å². The summed E-state index contributed by atoms with van der Waals surface area (Å²) >= 11 is 0. The van der Waals surface area contributed by atoms with Crippen molar-refractivity contribution < 1.29 is 19.0 Å². The van der Waals surface area contributed by atoms with Crippen LogP contribution < -0.4 is 4.74 Å². The molecular formula is C14H18N2O4. The Morgan fingerprint density at radius 1 is 1.40 bits per heavy atom. The first-order valence-electron chi connectivity index (χ1n) is 6.86. The number of Topliss-reactive ketones (excluding diaryl/α,β-unsaturated/α-hetero) is 1. The van der Waals surface area contributed by atoms with Crippen LogP contribution in [-0.4, -0.2) is 48.5 Å². The summed E-state index contributed by atoms with van der Waals surface area (Å²) in [6.07, 6.45) is 2.30. The third-order valence-corrected chi connectivity index (χ3v) is 4.03. The molecule has 2 aliphatic rings.